The summed E-state index contributed by atoms with van der Waals surface area (Å²) in [5, 5.41) is 13.7. The molecule has 1 N–H and O–H groups in total. The number of benzene rings is 2. The summed E-state index contributed by atoms with van der Waals surface area (Å²) in [6.07, 6.45) is 0. The quantitative estimate of drug-likeness (QED) is 0.512. The molecule has 0 unspecified atom stereocenters. The number of hydrogen-bond acceptors (Lipinski definition) is 7. The van der Waals surface area contributed by atoms with Gasteiger partial charge in [-0.15, -0.1) is 10.2 Å². The Bertz CT molecular complexity index is 1160. The predicted molar refractivity (Wildman–Crippen MR) is 103 cm³/mol. The van der Waals surface area contributed by atoms with Crippen molar-refractivity contribution >= 4 is 44.7 Å². The Balaban J connectivity index is 1.71. The first-order valence-electron chi connectivity index (χ1n) is 7.61. The first-order chi connectivity index (χ1) is 12.6. The van der Waals surface area contributed by atoms with Crippen LogP contribution in [-0.4, -0.2) is 17.3 Å². The molecule has 0 saturated heterocycles. The highest BCUT2D eigenvalue weighted by molar-refractivity contribution is 7.18. The highest BCUT2D eigenvalue weighted by Gasteiger charge is 2.15. The van der Waals surface area contributed by atoms with Gasteiger partial charge in [0.05, 0.1) is 12.7 Å². The minimum absolute atomic E-state index is 0.349. The maximum atomic E-state index is 12.4. The van der Waals surface area contributed by atoms with Crippen LogP contribution in [0.1, 0.15) is 0 Å². The van der Waals surface area contributed by atoms with Crippen LogP contribution in [0.4, 0.5) is 10.8 Å². The molecule has 0 aliphatic carbocycles. The third-order valence-electron chi connectivity index (χ3n) is 3.68. The fourth-order valence-electron chi connectivity index (χ4n) is 2.50. The molecule has 0 atom stereocenters. The third kappa shape index (κ3) is 3.14. The average Bonchev–Trinajstić information content (AvgIpc) is 3.09. The number of rotatable bonds is 4. The van der Waals surface area contributed by atoms with Gasteiger partial charge in [0.2, 0.25) is 5.13 Å². The van der Waals surface area contributed by atoms with Gasteiger partial charge in [-0.3, -0.25) is 0 Å². The summed E-state index contributed by atoms with van der Waals surface area (Å²) in [6.45, 7) is 0. The number of nitrogens with one attached hydrogen (secondary N) is 1. The van der Waals surface area contributed by atoms with Crippen LogP contribution in [-0.2, 0) is 0 Å². The van der Waals surface area contributed by atoms with Crippen LogP contribution >= 0.6 is 22.9 Å². The maximum absolute atomic E-state index is 12.4. The molecular formula is C18H12ClN3O3S. The van der Waals surface area contributed by atoms with Crippen molar-refractivity contribution in [3.05, 3.63) is 64.0 Å². The molecule has 0 amide bonds. The molecule has 0 fully saturated rings. The molecule has 4 aromatic rings. The number of halogens is 1. The highest BCUT2D eigenvalue weighted by Crippen LogP contribution is 2.31. The van der Waals surface area contributed by atoms with Gasteiger partial charge in [0.1, 0.15) is 0 Å². The summed E-state index contributed by atoms with van der Waals surface area (Å²) in [4.78, 5) is 12.4. The summed E-state index contributed by atoms with van der Waals surface area (Å²) >= 11 is 7.23. The summed E-state index contributed by atoms with van der Waals surface area (Å²) < 4.78 is 10.7. The van der Waals surface area contributed by atoms with Crippen molar-refractivity contribution in [3.63, 3.8) is 0 Å². The monoisotopic (exact) mass is 385 g/mol. The Hall–Kier alpha value is -2.90. The zero-order chi connectivity index (χ0) is 18.1. The van der Waals surface area contributed by atoms with E-state index in [4.69, 9.17) is 20.8 Å². The topological polar surface area (TPSA) is 77.3 Å². The summed E-state index contributed by atoms with van der Waals surface area (Å²) in [7, 11) is 1.53. The molecule has 0 spiro atoms. The standard InChI is InChI=1S/C18H12ClN3O3S/c1-24-14-7-2-4-10-8-13(17(23)25-15(10)14)16-21-22-18(26-16)20-12-6-3-5-11(19)9-12/h2-9H,1H3,(H,20,22). The van der Waals surface area contributed by atoms with E-state index >= 15 is 0 Å². The van der Waals surface area contributed by atoms with Crippen LogP contribution in [0.2, 0.25) is 5.02 Å². The molecule has 0 saturated carbocycles. The largest absolute Gasteiger partial charge is 0.493 e. The second kappa shape index (κ2) is 6.78. The molecule has 2 aromatic carbocycles. The van der Waals surface area contributed by atoms with Crippen molar-refractivity contribution in [2.75, 3.05) is 12.4 Å². The van der Waals surface area contributed by atoms with Gasteiger partial charge in [0.15, 0.2) is 16.3 Å². The van der Waals surface area contributed by atoms with Crippen LogP contribution in [0, 0.1) is 0 Å². The van der Waals surface area contributed by atoms with E-state index in [2.05, 4.69) is 15.5 Å². The van der Waals surface area contributed by atoms with E-state index in [1.807, 2.05) is 24.3 Å². The molecule has 26 heavy (non-hydrogen) atoms. The predicted octanol–water partition coefficient (Wildman–Crippen LogP) is 4.72. The first kappa shape index (κ1) is 16.6. The molecule has 4 rings (SSSR count). The second-order valence-corrected chi connectivity index (χ2v) is 6.79. The lowest BCUT2D eigenvalue weighted by Crippen LogP contribution is -2.03. The summed E-state index contributed by atoms with van der Waals surface area (Å²) in [5.74, 6) is 0.506. The van der Waals surface area contributed by atoms with Crippen molar-refractivity contribution in [1.29, 1.82) is 0 Å². The van der Waals surface area contributed by atoms with E-state index in [1.54, 1.807) is 24.3 Å². The number of fused-ring (bicyclic) bond motifs is 1. The smallest absolute Gasteiger partial charge is 0.346 e. The van der Waals surface area contributed by atoms with E-state index in [0.29, 0.717) is 32.1 Å². The van der Waals surface area contributed by atoms with Gasteiger partial charge in [0, 0.05) is 16.1 Å². The fourth-order valence-corrected chi connectivity index (χ4v) is 3.46. The molecule has 2 aromatic heterocycles. The third-order valence-corrected chi connectivity index (χ3v) is 4.78. The molecule has 8 heteroatoms. The maximum Gasteiger partial charge on any atom is 0.346 e. The van der Waals surface area contributed by atoms with Gasteiger partial charge in [-0.1, -0.05) is 41.1 Å². The number of hydrogen-bond donors (Lipinski definition) is 1. The lowest BCUT2D eigenvalue weighted by molar-refractivity contribution is 0.407. The molecule has 2 heterocycles. The van der Waals surface area contributed by atoms with Gasteiger partial charge >= 0.3 is 5.63 Å². The summed E-state index contributed by atoms with van der Waals surface area (Å²) in [5.41, 5.74) is 1.05. The van der Waals surface area contributed by atoms with Crippen molar-refractivity contribution in [1.82, 2.24) is 10.2 Å². The van der Waals surface area contributed by atoms with Crippen LogP contribution in [0.3, 0.4) is 0 Å². The van der Waals surface area contributed by atoms with E-state index in [-0.39, 0.29) is 0 Å². The fraction of sp³-hybridized carbons (Fsp3) is 0.0556. The SMILES string of the molecule is COc1cccc2cc(-c3nnc(Nc4cccc(Cl)c4)s3)c(=O)oc12. The molecule has 0 radical (unpaired) electrons. The van der Waals surface area contributed by atoms with Crippen molar-refractivity contribution in [2.45, 2.75) is 0 Å². The number of ether oxygens (including phenoxy) is 1. The van der Waals surface area contributed by atoms with Crippen LogP contribution in [0.25, 0.3) is 21.5 Å². The number of methoxy groups -OCH3 is 1. The minimum atomic E-state index is -0.493. The Kier molecular flexibility index (Phi) is 4.32. The van der Waals surface area contributed by atoms with Crippen molar-refractivity contribution in [3.8, 4) is 16.3 Å². The van der Waals surface area contributed by atoms with Crippen molar-refractivity contribution < 1.29 is 9.15 Å². The van der Waals surface area contributed by atoms with Crippen molar-refractivity contribution in [2.24, 2.45) is 0 Å². The molecule has 130 valence electrons. The van der Waals surface area contributed by atoms with E-state index in [0.717, 1.165) is 11.1 Å². The minimum Gasteiger partial charge on any atom is -0.493 e. The molecule has 0 bridgehead atoms. The average molecular weight is 386 g/mol. The van der Waals surface area contributed by atoms with E-state index < -0.39 is 5.63 Å². The van der Waals surface area contributed by atoms with Gasteiger partial charge in [-0.05, 0) is 30.3 Å². The van der Waals surface area contributed by atoms with E-state index in [1.165, 1.54) is 18.4 Å². The van der Waals surface area contributed by atoms with Gasteiger partial charge in [-0.2, -0.15) is 0 Å². The van der Waals surface area contributed by atoms with Gasteiger partial charge < -0.3 is 14.5 Å². The molecular weight excluding hydrogens is 374 g/mol. The van der Waals surface area contributed by atoms with Gasteiger partial charge in [0.25, 0.3) is 0 Å². The van der Waals surface area contributed by atoms with Gasteiger partial charge in [-0.25, -0.2) is 4.79 Å². The summed E-state index contributed by atoms with van der Waals surface area (Å²) in [6, 6.07) is 14.4. The first-order valence-corrected chi connectivity index (χ1v) is 8.81. The Labute approximate surface area is 157 Å². The zero-order valence-electron chi connectivity index (χ0n) is 13.5. The highest BCUT2D eigenvalue weighted by atomic mass is 35.5. The number of nitrogens with zero attached hydrogens (tertiary/aromatic N) is 2. The number of anilines is 2. The Morgan fingerprint density at radius 2 is 2.00 bits per heavy atom. The number of para-hydroxylation sites is 1. The molecule has 0 aliphatic rings. The number of aromatic nitrogens is 2. The van der Waals surface area contributed by atoms with E-state index in [9.17, 15) is 4.79 Å². The lowest BCUT2D eigenvalue weighted by atomic mass is 10.2. The Morgan fingerprint density at radius 3 is 2.81 bits per heavy atom. The zero-order valence-corrected chi connectivity index (χ0v) is 15.1. The second-order valence-electron chi connectivity index (χ2n) is 5.37. The van der Waals surface area contributed by atoms with Crippen LogP contribution in [0.15, 0.2) is 57.7 Å². The Morgan fingerprint density at radius 1 is 1.15 bits per heavy atom. The molecule has 0 aliphatic heterocycles. The lowest BCUT2D eigenvalue weighted by Gasteiger charge is -2.04. The normalized spacial score (nSPS) is 10.8. The van der Waals surface area contributed by atoms with Crippen LogP contribution < -0.4 is 15.7 Å². The van der Waals surface area contributed by atoms with Crippen LogP contribution in [0.5, 0.6) is 5.75 Å². The molecule has 6 nitrogen and oxygen atoms in total.